The fourth-order valence-electron chi connectivity index (χ4n) is 2.64. The second-order valence-electron chi connectivity index (χ2n) is 6.60. The Hall–Kier alpha value is -3.15. The van der Waals surface area contributed by atoms with E-state index in [-0.39, 0.29) is 11.7 Å². The number of aromatic nitrogens is 1. The van der Waals surface area contributed by atoms with Crippen molar-refractivity contribution in [2.45, 2.75) is 19.8 Å². The average Bonchev–Trinajstić information content (AvgIpc) is 3.17. The Morgan fingerprint density at radius 1 is 1.14 bits per heavy atom. The smallest absolute Gasteiger partial charge is 0.222 e. The Bertz CT molecular complexity index is 904. The lowest BCUT2D eigenvalue weighted by atomic mass is 10.1. The van der Waals surface area contributed by atoms with E-state index >= 15 is 0 Å². The highest BCUT2D eigenvalue weighted by Crippen LogP contribution is 2.21. The van der Waals surface area contributed by atoms with Gasteiger partial charge in [0.15, 0.2) is 11.7 Å². The topological polar surface area (TPSA) is 55.6 Å². The number of aryl methyl sites for hydroxylation is 2. The number of benzene rings is 2. The average molecular weight is 382 g/mol. The van der Waals surface area contributed by atoms with Crippen LogP contribution in [0.1, 0.15) is 17.9 Å². The number of hydrogen-bond donors (Lipinski definition) is 0. The van der Waals surface area contributed by atoms with Gasteiger partial charge in [0.2, 0.25) is 5.91 Å². The highest BCUT2D eigenvalue weighted by Gasteiger charge is 2.12. The Kier molecular flexibility index (Phi) is 6.42. The second kappa shape index (κ2) is 9.17. The first-order valence-corrected chi connectivity index (χ1v) is 9.15. The van der Waals surface area contributed by atoms with Crippen molar-refractivity contribution in [3.05, 3.63) is 72.0 Å². The molecule has 0 atom stereocenters. The van der Waals surface area contributed by atoms with Gasteiger partial charge in [-0.25, -0.2) is 9.37 Å². The normalized spacial score (nSPS) is 10.7. The van der Waals surface area contributed by atoms with Gasteiger partial charge >= 0.3 is 0 Å². The molecule has 2 aromatic carbocycles. The van der Waals surface area contributed by atoms with Crippen molar-refractivity contribution < 1.29 is 18.3 Å². The van der Waals surface area contributed by atoms with Crippen LogP contribution in [0.3, 0.4) is 0 Å². The largest absolute Gasteiger partial charge is 0.492 e. The maximum Gasteiger partial charge on any atom is 0.222 e. The highest BCUT2D eigenvalue weighted by atomic mass is 19.1. The molecule has 0 aliphatic heterocycles. The van der Waals surface area contributed by atoms with E-state index in [9.17, 15) is 9.18 Å². The molecular weight excluding hydrogens is 359 g/mol. The summed E-state index contributed by atoms with van der Waals surface area (Å²) in [4.78, 5) is 18.1. The van der Waals surface area contributed by atoms with Crippen molar-refractivity contribution in [3.63, 3.8) is 0 Å². The van der Waals surface area contributed by atoms with Gasteiger partial charge in [0, 0.05) is 25.5 Å². The van der Waals surface area contributed by atoms with Crippen LogP contribution in [0.5, 0.6) is 5.75 Å². The first-order valence-electron chi connectivity index (χ1n) is 9.15. The first kappa shape index (κ1) is 19.6. The summed E-state index contributed by atoms with van der Waals surface area (Å²) in [5.41, 5.74) is 2.14. The second-order valence-corrected chi connectivity index (χ2v) is 6.60. The van der Waals surface area contributed by atoms with Crippen LogP contribution in [0, 0.1) is 12.7 Å². The summed E-state index contributed by atoms with van der Waals surface area (Å²) in [6, 6.07) is 13.8. The summed E-state index contributed by atoms with van der Waals surface area (Å²) in [5, 5.41) is 0. The molecule has 0 aliphatic rings. The van der Waals surface area contributed by atoms with Gasteiger partial charge in [0.05, 0.1) is 12.7 Å². The van der Waals surface area contributed by atoms with Gasteiger partial charge in [0.1, 0.15) is 18.2 Å². The minimum Gasteiger partial charge on any atom is -0.492 e. The molecule has 3 rings (SSSR count). The van der Waals surface area contributed by atoms with Gasteiger partial charge < -0.3 is 14.1 Å². The van der Waals surface area contributed by atoms with E-state index in [4.69, 9.17) is 9.15 Å². The fourth-order valence-corrected chi connectivity index (χ4v) is 2.64. The number of halogens is 1. The van der Waals surface area contributed by atoms with Crippen LogP contribution < -0.4 is 4.74 Å². The first-order chi connectivity index (χ1) is 13.5. The number of carbonyl (C=O) groups is 1. The standard InChI is InChI=1S/C22H23FN2O3/c1-16-3-5-17(6-4-16)20-15-24-21(28-20)11-12-22(26)25(2)13-14-27-19-9-7-18(23)8-10-19/h3-10,15H,11-14H2,1-2H3. The predicted octanol–water partition coefficient (Wildman–Crippen LogP) is 4.26. The molecule has 1 heterocycles. The molecule has 0 aliphatic carbocycles. The predicted molar refractivity (Wildman–Crippen MR) is 105 cm³/mol. The lowest BCUT2D eigenvalue weighted by Gasteiger charge is -2.17. The molecule has 0 spiro atoms. The maximum absolute atomic E-state index is 12.9. The Balaban J connectivity index is 1.43. The van der Waals surface area contributed by atoms with Crippen LogP contribution in [0.25, 0.3) is 11.3 Å². The van der Waals surface area contributed by atoms with Crippen LogP contribution in [0.15, 0.2) is 59.1 Å². The number of oxazole rings is 1. The molecule has 0 saturated heterocycles. The molecule has 6 heteroatoms. The fraction of sp³-hybridized carbons (Fsp3) is 0.273. The zero-order chi connectivity index (χ0) is 19.9. The van der Waals surface area contributed by atoms with Gasteiger partial charge in [-0.3, -0.25) is 4.79 Å². The van der Waals surface area contributed by atoms with E-state index in [1.807, 2.05) is 31.2 Å². The minimum absolute atomic E-state index is 0.0159. The van der Waals surface area contributed by atoms with E-state index < -0.39 is 0 Å². The molecule has 0 bridgehead atoms. The highest BCUT2D eigenvalue weighted by molar-refractivity contribution is 5.76. The lowest BCUT2D eigenvalue weighted by molar-refractivity contribution is -0.130. The van der Waals surface area contributed by atoms with Crippen molar-refractivity contribution in [2.75, 3.05) is 20.2 Å². The third kappa shape index (κ3) is 5.42. The Labute approximate surface area is 163 Å². The van der Waals surface area contributed by atoms with Crippen LogP contribution in [0.4, 0.5) is 4.39 Å². The van der Waals surface area contributed by atoms with E-state index in [0.29, 0.717) is 43.4 Å². The zero-order valence-corrected chi connectivity index (χ0v) is 16.0. The maximum atomic E-state index is 12.9. The molecule has 28 heavy (non-hydrogen) atoms. The van der Waals surface area contributed by atoms with E-state index in [1.165, 1.54) is 17.7 Å². The van der Waals surface area contributed by atoms with Crippen LogP contribution in [-0.2, 0) is 11.2 Å². The number of ether oxygens (including phenoxy) is 1. The van der Waals surface area contributed by atoms with Crippen molar-refractivity contribution in [1.29, 1.82) is 0 Å². The van der Waals surface area contributed by atoms with Gasteiger partial charge in [-0.1, -0.05) is 29.8 Å². The summed E-state index contributed by atoms with van der Waals surface area (Å²) >= 11 is 0. The van der Waals surface area contributed by atoms with Crippen molar-refractivity contribution in [3.8, 4) is 17.1 Å². The molecule has 5 nitrogen and oxygen atoms in total. The molecule has 0 unspecified atom stereocenters. The van der Waals surface area contributed by atoms with Crippen LogP contribution in [-0.4, -0.2) is 36.0 Å². The molecule has 1 amide bonds. The van der Waals surface area contributed by atoms with Crippen LogP contribution in [0.2, 0.25) is 0 Å². The monoisotopic (exact) mass is 382 g/mol. The summed E-state index contributed by atoms with van der Waals surface area (Å²) < 4.78 is 24.1. The van der Waals surface area contributed by atoms with Crippen molar-refractivity contribution in [1.82, 2.24) is 9.88 Å². The number of carbonyl (C=O) groups excluding carboxylic acids is 1. The van der Waals surface area contributed by atoms with Crippen molar-refractivity contribution >= 4 is 5.91 Å². The number of nitrogens with zero attached hydrogens (tertiary/aromatic N) is 2. The number of hydrogen-bond acceptors (Lipinski definition) is 4. The minimum atomic E-state index is -0.309. The van der Waals surface area contributed by atoms with E-state index in [0.717, 1.165) is 5.56 Å². The summed E-state index contributed by atoms with van der Waals surface area (Å²) in [7, 11) is 1.73. The molecule has 0 fully saturated rings. The van der Waals surface area contributed by atoms with Crippen molar-refractivity contribution in [2.24, 2.45) is 0 Å². The quantitative estimate of drug-likeness (QED) is 0.584. The molecule has 0 saturated carbocycles. The SMILES string of the molecule is Cc1ccc(-c2cnc(CCC(=O)N(C)CCOc3ccc(F)cc3)o2)cc1. The third-order valence-corrected chi connectivity index (χ3v) is 4.38. The van der Waals surface area contributed by atoms with Gasteiger partial charge in [-0.2, -0.15) is 0 Å². The molecule has 146 valence electrons. The molecule has 0 N–H and O–H groups in total. The molecule has 1 aromatic heterocycles. The summed E-state index contributed by atoms with van der Waals surface area (Å²) in [6.45, 7) is 2.81. The molecule has 0 radical (unpaired) electrons. The molecular formula is C22H23FN2O3. The Morgan fingerprint density at radius 3 is 2.57 bits per heavy atom. The zero-order valence-electron chi connectivity index (χ0n) is 16.0. The van der Waals surface area contributed by atoms with E-state index in [2.05, 4.69) is 4.98 Å². The summed E-state index contributed by atoms with van der Waals surface area (Å²) in [5.74, 6) is 1.49. The van der Waals surface area contributed by atoms with Gasteiger partial charge in [-0.15, -0.1) is 0 Å². The number of rotatable bonds is 8. The Morgan fingerprint density at radius 2 is 1.86 bits per heavy atom. The van der Waals surface area contributed by atoms with Gasteiger partial charge in [0.25, 0.3) is 0 Å². The summed E-state index contributed by atoms with van der Waals surface area (Å²) in [6.07, 6.45) is 2.43. The molecule has 3 aromatic rings. The van der Waals surface area contributed by atoms with Gasteiger partial charge in [-0.05, 0) is 31.2 Å². The third-order valence-electron chi connectivity index (χ3n) is 4.38. The number of likely N-dealkylation sites (N-methyl/N-ethyl adjacent to an activating group) is 1. The lowest BCUT2D eigenvalue weighted by Crippen LogP contribution is -2.31. The number of amides is 1. The van der Waals surface area contributed by atoms with E-state index in [1.54, 1.807) is 30.3 Å². The van der Waals surface area contributed by atoms with Crippen LogP contribution >= 0.6 is 0 Å².